The number of nitrogens with zero attached hydrogens (tertiary/aromatic N) is 3. The summed E-state index contributed by atoms with van der Waals surface area (Å²) in [4.78, 5) is 20.1. The zero-order valence-electron chi connectivity index (χ0n) is 16.7. The van der Waals surface area contributed by atoms with Gasteiger partial charge in [-0.2, -0.15) is 9.57 Å². The maximum atomic E-state index is 13.0. The summed E-state index contributed by atoms with van der Waals surface area (Å²) in [5.41, 5.74) is -0.452. The molecule has 2 fully saturated rings. The number of rotatable bonds is 5. The predicted octanol–water partition coefficient (Wildman–Crippen LogP) is 2.54. The lowest BCUT2D eigenvalue weighted by molar-refractivity contribution is 0.0920. The van der Waals surface area contributed by atoms with Crippen LogP contribution in [0.15, 0.2) is 41.6 Å². The Morgan fingerprint density at radius 1 is 1.20 bits per heavy atom. The fourth-order valence-corrected chi connectivity index (χ4v) is 5.80. The molecule has 2 aliphatic rings. The zero-order chi connectivity index (χ0) is 21.2. The molecule has 1 amide bonds. The molecular formula is C21H25N5O3S. The molecule has 2 heterocycles. The molecule has 0 bridgehead atoms. The monoisotopic (exact) mass is 427 g/mol. The van der Waals surface area contributed by atoms with E-state index in [0.29, 0.717) is 44.3 Å². The molecular weight excluding hydrogens is 402 g/mol. The summed E-state index contributed by atoms with van der Waals surface area (Å²) in [6, 6.07) is 8.19. The molecule has 1 aromatic heterocycles. The lowest BCUT2D eigenvalue weighted by Crippen LogP contribution is -2.45. The van der Waals surface area contributed by atoms with Crippen LogP contribution in [0.2, 0.25) is 0 Å². The van der Waals surface area contributed by atoms with Crippen molar-refractivity contribution < 1.29 is 13.2 Å². The van der Waals surface area contributed by atoms with E-state index in [4.69, 9.17) is 0 Å². The highest BCUT2D eigenvalue weighted by molar-refractivity contribution is 7.89. The topological polar surface area (TPSA) is 119 Å². The maximum absolute atomic E-state index is 13.0. The third-order valence-corrected chi connectivity index (χ3v) is 8.05. The molecule has 30 heavy (non-hydrogen) atoms. The number of piperidine rings is 1. The highest BCUT2D eigenvalue weighted by atomic mass is 32.2. The number of nitrogens with one attached hydrogen (secondary N) is 2. The number of carbonyl (C=O) groups excluding carboxylic acids is 1. The van der Waals surface area contributed by atoms with Gasteiger partial charge in [0.2, 0.25) is 10.0 Å². The quantitative estimate of drug-likeness (QED) is 0.760. The Labute approximate surface area is 176 Å². The first-order chi connectivity index (χ1) is 14.4. The van der Waals surface area contributed by atoms with Crippen LogP contribution in [0.3, 0.4) is 0 Å². The van der Waals surface area contributed by atoms with Gasteiger partial charge in [-0.1, -0.05) is 0 Å². The number of aromatic amines is 1. The van der Waals surface area contributed by atoms with Gasteiger partial charge in [0.05, 0.1) is 11.0 Å². The Morgan fingerprint density at radius 3 is 2.43 bits per heavy atom. The van der Waals surface area contributed by atoms with Crippen LogP contribution in [-0.2, 0) is 10.0 Å². The maximum Gasteiger partial charge on any atom is 0.252 e. The number of amides is 1. The molecule has 1 saturated carbocycles. The predicted molar refractivity (Wildman–Crippen MR) is 110 cm³/mol. The number of imidazole rings is 1. The van der Waals surface area contributed by atoms with Crippen LogP contribution in [0.25, 0.3) is 0 Å². The minimum atomic E-state index is -3.62. The van der Waals surface area contributed by atoms with Gasteiger partial charge in [0.15, 0.2) is 0 Å². The van der Waals surface area contributed by atoms with E-state index in [1.807, 2.05) is 0 Å². The molecule has 2 aromatic rings. The third kappa shape index (κ3) is 3.98. The lowest BCUT2D eigenvalue weighted by Gasteiger charge is -2.30. The van der Waals surface area contributed by atoms with Gasteiger partial charge in [0, 0.05) is 37.0 Å². The van der Waals surface area contributed by atoms with Crippen molar-refractivity contribution >= 4 is 15.9 Å². The number of hydrogen-bond donors (Lipinski definition) is 2. The molecule has 9 heteroatoms. The second-order valence-electron chi connectivity index (χ2n) is 8.03. The zero-order valence-corrected chi connectivity index (χ0v) is 17.5. The summed E-state index contributed by atoms with van der Waals surface area (Å²) < 4.78 is 27.5. The molecule has 1 saturated heterocycles. The normalized spacial score (nSPS) is 20.0. The van der Waals surface area contributed by atoms with Crippen molar-refractivity contribution in [3.8, 4) is 6.07 Å². The highest BCUT2D eigenvalue weighted by Gasteiger charge is 2.36. The van der Waals surface area contributed by atoms with Gasteiger partial charge < -0.3 is 10.3 Å². The molecule has 158 valence electrons. The molecule has 8 nitrogen and oxygen atoms in total. The van der Waals surface area contributed by atoms with Crippen molar-refractivity contribution in [2.24, 2.45) is 0 Å². The number of hydrogen-bond acceptors (Lipinski definition) is 5. The summed E-state index contributed by atoms with van der Waals surface area (Å²) in [7, 11) is -3.62. The highest BCUT2D eigenvalue weighted by Crippen LogP contribution is 2.30. The van der Waals surface area contributed by atoms with Gasteiger partial charge in [0.25, 0.3) is 5.91 Å². The van der Waals surface area contributed by atoms with Gasteiger partial charge in [-0.25, -0.2) is 13.4 Å². The van der Waals surface area contributed by atoms with E-state index in [-0.39, 0.29) is 16.7 Å². The first kappa shape index (κ1) is 20.6. The largest absolute Gasteiger partial charge is 0.348 e. The van der Waals surface area contributed by atoms with E-state index < -0.39 is 15.6 Å². The van der Waals surface area contributed by atoms with Crippen LogP contribution in [0.1, 0.15) is 60.6 Å². The number of H-pyrrole nitrogens is 1. The van der Waals surface area contributed by atoms with Gasteiger partial charge >= 0.3 is 0 Å². The molecule has 1 aliphatic heterocycles. The fourth-order valence-electron chi connectivity index (χ4n) is 4.33. The summed E-state index contributed by atoms with van der Waals surface area (Å²) in [6.07, 6.45) is 8.05. The lowest BCUT2D eigenvalue weighted by atomic mass is 9.98. The Kier molecular flexibility index (Phi) is 5.62. The van der Waals surface area contributed by atoms with Crippen molar-refractivity contribution in [3.05, 3.63) is 48.0 Å². The van der Waals surface area contributed by atoms with Gasteiger partial charge in [-0.05, 0) is 62.8 Å². The molecule has 0 radical (unpaired) electrons. The number of nitriles is 1. The van der Waals surface area contributed by atoms with E-state index in [1.165, 1.54) is 28.6 Å². The van der Waals surface area contributed by atoms with Crippen LogP contribution in [0.4, 0.5) is 0 Å². The first-order valence-electron chi connectivity index (χ1n) is 10.3. The molecule has 1 aliphatic carbocycles. The first-order valence-corrected chi connectivity index (χ1v) is 11.7. The Balaban J connectivity index is 1.42. The molecule has 2 N–H and O–H groups in total. The number of sulfonamides is 1. The summed E-state index contributed by atoms with van der Waals surface area (Å²) in [5, 5.41) is 12.3. The van der Waals surface area contributed by atoms with Crippen molar-refractivity contribution in [1.82, 2.24) is 19.6 Å². The summed E-state index contributed by atoms with van der Waals surface area (Å²) in [5.74, 6) is 0.794. The van der Waals surface area contributed by atoms with E-state index in [9.17, 15) is 18.5 Å². The van der Waals surface area contributed by atoms with Crippen LogP contribution in [0, 0.1) is 11.3 Å². The SMILES string of the molecule is N#CC1(NC(=O)c2ccc(S(=O)(=O)N3CCC(c4ncc[nH]4)CC3)cc2)CCCC1. The van der Waals surface area contributed by atoms with Crippen molar-refractivity contribution in [2.75, 3.05) is 13.1 Å². The van der Waals surface area contributed by atoms with Crippen LogP contribution in [0.5, 0.6) is 0 Å². The fraction of sp³-hybridized carbons (Fsp3) is 0.476. The van der Waals surface area contributed by atoms with E-state index in [2.05, 4.69) is 21.4 Å². The Morgan fingerprint density at radius 2 is 1.87 bits per heavy atom. The molecule has 0 unspecified atom stereocenters. The Bertz CT molecular complexity index is 1030. The van der Waals surface area contributed by atoms with Crippen molar-refractivity contribution in [3.63, 3.8) is 0 Å². The second-order valence-corrected chi connectivity index (χ2v) is 9.97. The van der Waals surface area contributed by atoms with Crippen molar-refractivity contribution in [2.45, 2.75) is 54.9 Å². The standard InChI is InChI=1S/C21H25N5O3S/c22-15-21(9-1-2-10-21)25-20(27)17-3-5-18(6-4-17)30(28,29)26-13-7-16(8-14-26)19-23-11-12-24-19/h3-6,11-12,16H,1-2,7-10,13-14H2,(H,23,24)(H,25,27). The van der Waals surface area contributed by atoms with Crippen LogP contribution >= 0.6 is 0 Å². The average molecular weight is 428 g/mol. The molecule has 0 atom stereocenters. The number of benzene rings is 1. The smallest absolute Gasteiger partial charge is 0.252 e. The summed E-state index contributed by atoms with van der Waals surface area (Å²) in [6.45, 7) is 0.862. The van der Waals surface area contributed by atoms with E-state index in [0.717, 1.165) is 18.7 Å². The van der Waals surface area contributed by atoms with E-state index in [1.54, 1.807) is 12.4 Å². The molecule has 1 aromatic carbocycles. The number of aromatic nitrogens is 2. The summed E-state index contributed by atoms with van der Waals surface area (Å²) >= 11 is 0. The van der Waals surface area contributed by atoms with Gasteiger partial charge in [-0.3, -0.25) is 4.79 Å². The average Bonchev–Trinajstić information content (AvgIpc) is 3.47. The molecule has 0 spiro atoms. The minimum absolute atomic E-state index is 0.173. The van der Waals surface area contributed by atoms with Gasteiger partial charge in [-0.15, -0.1) is 0 Å². The van der Waals surface area contributed by atoms with Gasteiger partial charge in [0.1, 0.15) is 11.4 Å². The molecule has 4 rings (SSSR count). The Hall–Kier alpha value is -2.70. The second kappa shape index (κ2) is 8.20. The van der Waals surface area contributed by atoms with Crippen molar-refractivity contribution in [1.29, 1.82) is 5.26 Å². The van der Waals surface area contributed by atoms with Crippen LogP contribution in [-0.4, -0.2) is 47.2 Å². The number of carbonyl (C=O) groups is 1. The van der Waals surface area contributed by atoms with E-state index >= 15 is 0 Å². The third-order valence-electron chi connectivity index (χ3n) is 6.14. The van der Waals surface area contributed by atoms with Crippen LogP contribution < -0.4 is 5.32 Å². The minimum Gasteiger partial charge on any atom is -0.348 e.